The van der Waals surface area contributed by atoms with Gasteiger partial charge in [-0.2, -0.15) is 13.2 Å². The monoisotopic (exact) mass is 384 g/mol. The van der Waals surface area contributed by atoms with Gasteiger partial charge in [-0.15, -0.1) is 10.2 Å². The van der Waals surface area contributed by atoms with Crippen LogP contribution in [0.2, 0.25) is 0 Å². The maximum atomic E-state index is 13.0. The maximum Gasteiger partial charge on any atom is 0.435 e. The molecule has 2 amide bonds. The molecule has 1 saturated heterocycles. The highest BCUT2D eigenvalue weighted by molar-refractivity contribution is 6.11. The van der Waals surface area contributed by atoms with Gasteiger partial charge in [-0.1, -0.05) is 24.3 Å². The maximum absolute atomic E-state index is 13.0. The normalized spacial score (nSPS) is 17.2. The van der Waals surface area contributed by atoms with E-state index in [2.05, 4.69) is 20.0 Å². The standard InChI is InChI=1S/C18H11F3N6O/c1-22-16-10-26(15-7-6-14(24-25-15)18(19,20)21)17(28)27(16)13-9-23-8-11-4-2-3-5-12(11)13/h2-9,16H,10H2. The van der Waals surface area contributed by atoms with Crippen molar-refractivity contribution in [2.24, 2.45) is 0 Å². The zero-order chi connectivity index (χ0) is 19.9. The summed E-state index contributed by atoms with van der Waals surface area (Å²) in [7, 11) is 0. The zero-order valence-corrected chi connectivity index (χ0v) is 14.1. The molecule has 10 heteroatoms. The van der Waals surface area contributed by atoms with Crippen LogP contribution in [0, 0.1) is 6.57 Å². The molecule has 4 rings (SSSR count). The number of fused-ring (bicyclic) bond motifs is 1. The predicted octanol–water partition coefficient (Wildman–Crippen LogP) is 3.74. The Morgan fingerprint density at radius 2 is 1.89 bits per heavy atom. The number of pyridine rings is 1. The Balaban J connectivity index is 1.73. The number of urea groups is 1. The van der Waals surface area contributed by atoms with E-state index >= 15 is 0 Å². The summed E-state index contributed by atoms with van der Waals surface area (Å²) in [5.74, 6) is -0.0534. The Morgan fingerprint density at radius 3 is 2.57 bits per heavy atom. The molecule has 1 aliphatic rings. The van der Waals surface area contributed by atoms with Gasteiger partial charge in [0.2, 0.25) is 0 Å². The fourth-order valence-corrected chi connectivity index (χ4v) is 3.05. The molecule has 140 valence electrons. The van der Waals surface area contributed by atoms with E-state index in [1.807, 2.05) is 12.1 Å². The molecule has 1 atom stereocenters. The number of benzene rings is 1. The van der Waals surface area contributed by atoms with Crippen molar-refractivity contribution in [3.63, 3.8) is 0 Å². The number of hydrogen-bond donors (Lipinski definition) is 0. The van der Waals surface area contributed by atoms with Crippen molar-refractivity contribution in [1.29, 1.82) is 0 Å². The predicted molar refractivity (Wildman–Crippen MR) is 94.4 cm³/mol. The Bertz CT molecular complexity index is 1090. The van der Waals surface area contributed by atoms with E-state index in [0.717, 1.165) is 27.8 Å². The Kier molecular flexibility index (Phi) is 4.07. The first kappa shape index (κ1) is 17.7. The molecule has 7 nitrogen and oxygen atoms in total. The first-order valence-corrected chi connectivity index (χ1v) is 8.11. The van der Waals surface area contributed by atoms with Gasteiger partial charge in [0.1, 0.15) is 6.54 Å². The van der Waals surface area contributed by atoms with Crippen LogP contribution in [0.4, 0.5) is 29.5 Å². The third-order valence-corrected chi connectivity index (χ3v) is 4.35. The minimum atomic E-state index is -4.62. The minimum absolute atomic E-state index is 0.0500. The third-order valence-electron chi connectivity index (χ3n) is 4.35. The van der Waals surface area contributed by atoms with Crippen molar-refractivity contribution in [2.75, 3.05) is 16.3 Å². The number of nitrogens with zero attached hydrogens (tertiary/aromatic N) is 6. The average molecular weight is 384 g/mol. The number of carbonyl (C=O) groups excluding carboxylic acids is 1. The molecule has 1 fully saturated rings. The highest BCUT2D eigenvalue weighted by Crippen LogP contribution is 2.34. The molecule has 1 aromatic carbocycles. The van der Waals surface area contributed by atoms with Crippen LogP contribution in [0.15, 0.2) is 48.8 Å². The number of rotatable bonds is 2. The number of alkyl halides is 3. The lowest BCUT2D eigenvalue weighted by atomic mass is 10.1. The van der Waals surface area contributed by atoms with Crippen LogP contribution in [0.25, 0.3) is 15.6 Å². The average Bonchev–Trinajstić information content (AvgIpc) is 3.03. The fourth-order valence-electron chi connectivity index (χ4n) is 3.05. The number of amides is 2. The second-order valence-electron chi connectivity index (χ2n) is 6.03. The topological polar surface area (TPSA) is 66.6 Å². The molecule has 3 aromatic rings. The van der Waals surface area contributed by atoms with Crippen molar-refractivity contribution >= 4 is 28.3 Å². The summed E-state index contributed by atoms with van der Waals surface area (Å²) in [6.45, 7) is 7.40. The number of hydrogen-bond acceptors (Lipinski definition) is 4. The Labute approximate surface area is 156 Å². The molecule has 0 spiro atoms. The summed E-state index contributed by atoms with van der Waals surface area (Å²) in [5, 5.41) is 8.21. The Morgan fingerprint density at radius 1 is 1.11 bits per heavy atom. The summed E-state index contributed by atoms with van der Waals surface area (Å²) < 4.78 is 38.1. The van der Waals surface area contributed by atoms with E-state index in [0.29, 0.717) is 5.69 Å². The van der Waals surface area contributed by atoms with Crippen LogP contribution in [0.3, 0.4) is 0 Å². The van der Waals surface area contributed by atoms with Crippen LogP contribution in [0.5, 0.6) is 0 Å². The molecule has 1 aliphatic heterocycles. The van der Waals surface area contributed by atoms with Gasteiger partial charge in [0.25, 0.3) is 0 Å². The Hall–Kier alpha value is -3.74. The van der Waals surface area contributed by atoms with E-state index in [-0.39, 0.29) is 12.4 Å². The number of anilines is 2. The fraction of sp³-hybridized carbons (Fsp3) is 0.167. The molecule has 28 heavy (non-hydrogen) atoms. The van der Waals surface area contributed by atoms with Gasteiger partial charge in [-0.3, -0.25) is 14.7 Å². The molecule has 0 aliphatic carbocycles. The van der Waals surface area contributed by atoms with E-state index in [1.54, 1.807) is 18.3 Å². The van der Waals surface area contributed by atoms with Crippen molar-refractivity contribution in [3.05, 3.63) is 65.9 Å². The van der Waals surface area contributed by atoms with Crippen molar-refractivity contribution < 1.29 is 18.0 Å². The summed E-state index contributed by atoms with van der Waals surface area (Å²) in [6, 6.07) is 8.52. The quantitative estimate of drug-likeness (QED) is 0.632. The van der Waals surface area contributed by atoms with Crippen LogP contribution >= 0.6 is 0 Å². The summed E-state index contributed by atoms with van der Waals surface area (Å²) in [6.07, 6.45) is -2.37. The van der Waals surface area contributed by atoms with E-state index in [1.165, 1.54) is 11.1 Å². The van der Waals surface area contributed by atoms with Gasteiger partial charge >= 0.3 is 18.4 Å². The summed E-state index contributed by atoms with van der Waals surface area (Å²) in [4.78, 5) is 23.0. The van der Waals surface area contributed by atoms with Gasteiger partial charge in [-0.25, -0.2) is 16.3 Å². The summed E-state index contributed by atoms with van der Waals surface area (Å²) in [5.41, 5.74) is -0.703. The largest absolute Gasteiger partial charge is 0.435 e. The van der Waals surface area contributed by atoms with Crippen molar-refractivity contribution in [3.8, 4) is 0 Å². The SMILES string of the molecule is [C-]#[N+]C1CN(c2ccc(C(F)(F)F)nn2)C(=O)N1c1cncc2ccccc12. The smallest absolute Gasteiger partial charge is 0.287 e. The number of halogens is 3. The summed E-state index contributed by atoms with van der Waals surface area (Å²) >= 11 is 0. The van der Waals surface area contributed by atoms with Crippen LogP contribution in [0.1, 0.15) is 5.69 Å². The van der Waals surface area contributed by atoms with Crippen LogP contribution in [-0.4, -0.2) is 33.9 Å². The van der Waals surface area contributed by atoms with Gasteiger partial charge < -0.3 is 0 Å². The first-order valence-electron chi connectivity index (χ1n) is 8.11. The van der Waals surface area contributed by atoms with Crippen LogP contribution in [-0.2, 0) is 6.18 Å². The third kappa shape index (κ3) is 2.87. The second kappa shape index (κ2) is 6.45. The van der Waals surface area contributed by atoms with Crippen molar-refractivity contribution in [2.45, 2.75) is 12.3 Å². The molecule has 0 N–H and O–H groups in total. The molecular weight excluding hydrogens is 373 g/mol. The van der Waals surface area contributed by atoms with Gasteiger partial charge in [0, 0.05) is 17.0 Å². The zero-order valence-electron chi connectivity index (χ0n) is 14.1. The van der Waals surface area contributed by atoms with Crippen molar-refractivity contribution in [1.82, 2.24) is 15.2 Å². The molecule has 3 heterocycles. The second-order valence-corrected chi connectivity index (χ2v) is 6.03. The molecule has 0 saturated carbocycles. The molecule has 2 aromatic heterocycles. The van der Waals surface area contributed by atoms with Gasteiger partial charge in [-0.05, 0) is 12.1 Å². The van der Waals surface area contributed by atoms with Crippen LogP contribution < -0.4 is 9.80 Å². The number of carbonyl (C=O) groups is 1. The van der Waals surface area contributed by atoms with E-state index in [4.69, 9.17) is 6.57 Å². The molecule has 0 bridgehead atoms. The highest BCUT2D eigenvalue weighted by atomic mass is 19.4. The number of aromatic nitrogens is 3. The highest BCUT2D eigenvalue weighted by Gasteiger charge is 2.45. The molecule has 0 radical (unpaired) electrons. The lowest BCUT2D eigenvalue weighted by molar-refractivity contribution is -0.141. The lowest BCUT2D eigenvalue weighted by Gasteiger charge is -2.18. The van der Waals surface area contributed by atoms with E-state index in [9.17, 15) is 18.0 Å². The minimum Gasteiger partial charge on any atom is -0.287 e. The molecular formula is C18H11F3N6O. The first-order chi connectivity index (χ1) is 13.4. The lowest BCUT2D eigenvalue weighted by Crippen LogP contribution is -2.34. The van der Waals surface area contributed by atoms with Gasteiger partial charge in [0.05, 0.1) is 11.9 Å². The van der Waals surface area contributed by atoms with Gasteiger partial charge in [0.15, 0.2) is 11.5 Å². The van der Waals surface area contributed by atoms with E-state index < -0.39 is 24.1 Å². The molecule has 1 unspecified atom stereocenters.